The van der Waals surface area contributed by atoms with Crippen molar-refractivity contribution in [3.8, 4) is 11.5 Å². The molecule has 0 amide bonds. The Bertz CT molecular complexity index is 613. The average Bonchev–Trinajstić information content (AvgIpc) is 2.51. The van der Waals surface area contributed by atoms with Crippen molar-refractivity contribution in [1.82, 2.24) is 0 Å². The summed E-state index contributed by atoms with van der Waals surface area (Å²) < 4.78 is 10.7. The Morgan fingerprint density at radius 3 is 2.64 bits per heavy atom. The molecule has 0 bridgehead atoms. The van der Waals surface area contributed by atoms with Crippen LogP contribution in [0.3, 0.4) is 0 Å². The molecular weight excluding hydrogens is 276 g/mol. The summed E-state index contributed by atoms with van der Waals surface area (Å²) in [5.41, 5.74) is 2.91. The van der Waals surface area contributed by atoms with E-state index < -0.39 is 0 Å². The van der Waals surface area contributed by atoms with E-state index in [2.05, 4.69) is 6.58 Å². The average molecular weight is 300 g/mol. The number of carbonyl (C=O) groups excluding carboxylic acids is 1. The Morgan fingerprint density at radius 1 is 1.32 bits per heavy atom. The van der Waals surface area contributed by atoms with Crippen LogP contribution >= 0.6 is 0 Å². The van der Waals surface area contributed by atoms with Crippen molar-refractivity contribution < 1.29 is 14.3 Å². The highest BCUT2D eigenvalue weighted by molar-refractivity contribution is 5.98. The smallest absolute Gasteiger partial charge is 0.162 e. The van der Waals surface area contributed by atoms with Crippen LogP contribution in [0.1, 0.15) is 25.8 Å². The molecule has 22 heavy (non-hydrogen) atoms. The Morgan fingerprint density at radius 2 is 2.05 bits per heavy atom. The normalized spacial score (nSPS) is 21.3. The van der Waals surface area contributed by atoms with Gasteiger partial charge in [-0.25, -0.2) is 0 Å². The molecule has 1 aromatic carbocycles. The van der Waals surface area contributed by atoms with Crippen molar-refractivity contribution in [3.05, 3.63) is 47.6 Å². The molecule has 1 aliphatic rings. The third-order valence-electron chi connectivity index (χ3n) is 4.45. The van der Waals surface area contributed by atoms with Gasteiger partial charge in [0.25, 0.3) is 0 Å². The summed E-state index contributed by atoms with van der Waals surface area (Å²) in [6.07, 6.45) is 3.55. The van der Waals surface area contributed by atoms with Gasteiger partial charge < -0.3 is 9.47 Å². The van der Waals surface area contributed by atoms with Crippen molar-refractivity contribution in [2.45, 2.75) is 26.7 Å². The molecule has 0 aromatic heterocycles. The molecule has 0 fully saturated rings. The highest BCUT2D eigenvalue weighted by Gasteiger charge is 2.33. The number of ketones is 1. The Kier molecular flexibility index (Phi) is 5.07. The van der Waals surface area contributed by atoms with Gasteiger partial charge in [0.2, 0.25) is 0 Å². The lowest BCUT2D eigenvalue weighted by molar-refractivity contribution is -0.120. The zero-order chi connectivity index (χ0) is 16.3. The number of hydrogen-bond acceptors (Lipinski definition) is 3. The molecule has 0 saturated heterocycles. The summed E-state index contributed by atoms with van der Waals surface area (Å²) in [7, 11) is 3.29. The fraction of sp³-hybridized carbons (Fsp3) is 0.421. The molecule has 0 heterocycles. The van der Waals surface area contributed by atoms with E-state index in [1.165, 1.54) is 0 Å². The predicted octanol–water partition coefficient (Wildman–Crippen LogP) is 3.97. The van der Waals surface area contributed by atoms with Crippen molar-refractivity contribution in [2.24, 2.45) is 11.8 Å². The third kappa shape index (κ3) is 3.24. The maximum Gasteiger partial charge on any atom is 0.162 e. The van der Waals surface area contributed by atoms with E-state index in [0.717, 1.165) is 34.6 Å². The fourth-order valence-electron chi connectivity index (χ4n) is 3.10. The third-order valence-corrected chi connectivity index (χ3v) is 4.45. The molecular formula is C19H24O3. The quantitative estimate of drug-likeness (QED) is 0.772. The van der Waals surface area contributed by atoms with Gasteiger partial charge in [-0.1, -0.05) is 18.2 Å². The molecule has 2 atom stereocenters. The molecule has 0 N–H and O–H groups in total. The zero-order valence-electron chi connectivity index (χ0n) is 13.8. The van der Waals surface area contributed by atoms with Gasteiger partial charge in [0, 0.05) is 5.92 Å². The van der Waals surface area contributed by atoms with Gasteiger partial charge in [0.05, 0.1) is 14.2 Å². The van der Waals surface area contributed by atoms with Crippen LogP contribution in [0.2, 0.25) is 0 Å². The van der Waals surface area contributed by atoms with Gasteiger partial charge in [-0.3, -0.25) is 4.79 Å². The number of carbonyl (C=O) groups is 1. The summed E-state index contributed by atoms with van der Waals surface area (Å²) >= 11 is 0. The number of methoxy groups -OCH3 is 2. The minimum absolute atomic E-state index is 0.0801. The molecule has 0 saturated carbocycles. The summed E-state index contributed by atoms with van der Waals surface area (Å²) in [6, 6.07) is 5.71. The summed E-state index contributed by atoms with van der Waals surface area (Å²) in [6.45, 7) is 7.97. The fourth-order valence-corrected chi connectivity index (χ4v) is 3.10. The SMILES string of the molecule is C=C(C)C1CC=C(C)C(=O)C1Cc1cc(OC)ccc1OC. The van der Waals surface area contributed by atoms with Crippen molar-refractivity contribution in [3.63, 3.8) is 0 Å². The maximum absolute atomic E-state index is 12.6. The summed E-state index contributed by atoms with van der Waals surface area (Å²) in [5.74, 6) is 1.89. The van der Waals surface area contributed by atoms with Crippen molar-refractivity contribution in [2.75, 3.05) is 14.2 Å². The van der Waals surface area contributed by atoms with Gasteiger partial charge in [-0.15, -0.1) is 0 Å². The lowest BCUT2D eigenvalue weighted by atomic mass is 9.73. The van der Waals surface area contributed by atoms with Crippen LogP contribution < -0.4 is 9.47 Å². The van der Waals surface area contributed by atoms with E-state index in [-0.39, 0.29) is 17.6 Å². The molecule has 0 spiro atoms. The second-order valence-electron chi connectivity index (χ2n) is 5.93. The van der Waals surface area contributed by atoms with Crippen molar-refractivity contribution in [1.29, 1.82) is 0 Å². The number of ether oxygens (including phenoxy) is 2. The second kappa shape index (κ2) is 6.82. The lowest BCUT2D eigenvalue weighted by Gasteiger charge is -2.30. The number of rotatable bonds is 5. The van der Waals surface area contributed by atoms with Crippen LogP contribution in [0, 0.1) is 11.8 Å². The Balaban J connectivity index is 2.36. The first-order chi connectivity index (χ1) is 10.5. The molecule has 0 aliphatic heterocycles. The number of hydrogen-bond donors (Lipinski definition) is 0. The van der Waals surface area contributed by atoms with Gasteiger partial charge in [-0.2, -0.15) is 0 Å². The number of benzene rings is 1. The van der Waals surface area contributed by atoms with Gasteiger partial charge >= 0.3 is 0 Å². The van der Waals surface area contributed by atoms with E-state index >= 15 is 0 Å². The maximum atomic E-state index is 12.6. The van der Waals surface area contributed by atoms with Crippen LogP contribution in [0.25, 0.3) is 0 Å². The first kappa shape index (κ1) is 16.3. The molecule has 3 nitrogen and oxygen atoms in total. The predicted molar refractivity (Wildman–Crippen MR) is 88.4 cm³/mol. The Hall–Kier alpha value is -2.03. The monoisotopic (exact) mass is 300 g/mol. The van der Waals surface area contributed by atoms with Crippen LogP contribution in [-0.4, -0.2) is 20.0 Å². The highest BCUT2D eigenvalue weighted by atomic mass is 16.5. The minimum atomic E-state index is -0.0801. The molecule has 1 aromatic rings. The molecule has 2 rings (SSSR count). The van der Waals surface area contributed by atoms with Crippen LogP contribution in [0.4, 0.5) is 0 Å². The minimum Gasteiger partial charge on any atom is -0.497 e. The van der Waals surface area contributed by atoms with E-state index in [1.807, 2.05) is 38.1 Å². The van der Waals surface area contributed by atoms with Crippen molar-refractivity contribution >= 4 is 5.78 Å². The molecule has 0 radical (unpaired) electrons. The lowest BCUT2D eigenvalue weighted by Crippen LogP contribution is -2.30. The first-order valence-electron chi connectivity index (χ1n) is 7.55. The summed E-state index contributed by atoms with van der Waals surface area (Å²) in [5, 5.41) is 0. The van der Waals surface area contributed by atoms with Gasteiger partial charge in [0.1, 0.15) is 11.5 Å². The second-order valence-corrected chi connectivity index (χ2v) is 5.93. The van der Waals surface area contributed by atoms with Gasteiger partial charge in [0.15, 0.2) is 5.78 Å². The van der Waals surface area contributed by atoms with E-state index in [4.69, 9.17) is 9.47 Å². The topological polar surface area (TPSA) is 35.5 Å². The van der Waals surface area contributed by atoms with Crippen LogP contribution in [-0.2, 0) is 11.2 Å². The largest absolute Gasteiger partial charge is 0.497 e. The Labute approximate surface area is 132 Å². The number of allylic oxidation sites excluding steroid dienone is 3. The van der Waals surface area contributed by atoms with Crippen LogP contribution in [0.15, 0.2) is 42.0 Å². The van der Waals surface area contributed by atoms with E-state index in [0.29, 0.717) is 6.42 Å². The molecule has 3 heteroatoms. The molecule has 1 aliphatic carbocycles. The summed E-state index contributed by atoms with van der Waals surface area (Å²) in [4.78, 5) is 12.6. The van der Waals surface area contributed by atoms with E-state index in [1.54, 1.807) is 14.2 Å². The van der Waals surface area contributed by atoms with E-state index in [9.17, 15) is 4.79 Å². The van der Waals surface area contributed by atoms with Crippen LogP contribution in [0.5, 0.6) is 11.5 Å². The first-order valence-corrected chi connectivity index (χ1v) is 7.55. The zero-order valence-corrected chi connectivity index (χ0v) is 13.8. The highest BCUT2D eigenvalue weighted by Crippen LogP contribution is 2.36. The standard InChI is InChI=1S/C19H24O3/c1-12(2)16-8-6-13(3)19(20)17(16)11-14-10-15(21-4)7-9-18(14)22-5/h6-7,9-10,16-17H,1,8,11H2,2-5H3. The number of Topliss-reactive ketones (excluding diaryl/α,β-unsaturated/α-hetero) is 1. The molecule has 2 unspecified atom stereocenters. The molecule has 118 valence electrons. The van der Waals surface area contributed by atoms with Gasteiger partial charge in [-0.05, 0) is 61.9 Å².